The van der Waals surface area contributed by atoms with Gasteiger partial charge in [-0.15, -0.1) is 22.7 Å². The van der Waals surface area contributed by atoms with Crippen LogP contribution in [0.3, 0.4) is 0 Å². The van der Waals surface area contributed by atoms with Crippen molar-refractivity contribution in [2.45, 2.75) is 12.6 Å². The fraction of sp³-hybridized carbons (Fsp3) is 0.0385. The van der Waals surface area contributed by atoms with E-state index in [1.54, 1.807) is 0 Å². The van der Waals surface area contributed by atoms with Crippen molar-refractivity contribution in [1.29, 1.82) is 0 Å². The van der Waals surface area contributed by atoms with Gasteiger partial charge >= 0.3 is 0 Å². The lowest BCUT2D eigenvalue weighted by molar-refractivity contribution is 0.702. The summed E-state index contributed by atoms with van der Waals surface area (Å²) in [4.78, 5) is 10.8. The molecule has 5 heteroatoms. The summed E-state index contributed by atoms with van der Waals surface area (Å²) in [6.45, 7) is 8.55. The van der Waals surface area contributed by atoms with Gasteiger partial charge < -0.3 is 5.32 Å². The Kier molecular flexibility index (Phi) is 7.98. The Morgan fingerprint density at radius 3 is 2.23 bits per heavy atom. The van der Waals surface area contributed by atoms with Crippen molar-refractivity contribution < 1.29 is 0 Å². The molecule has 0 spiro atoms. The molecule has 2 aromatic heterocycles. The fourth-order valence-corrected chi connectivity index (χ4v) is 10.8. The molecule has 1 aliphatic carbocycles. The monoisotopic (exact) mass is 765 g/mol. The van der Waals surface area contributed by atoms with Crippen LogP contribution in [0.1, 0.15) is 28.7 Å². The number of nitrogens with zero attached hydrogens (tertiary/aromatic N) is 2. The Bertz CT molecular complexity index is 3350. The van der Waals surface area contributed by atoms with Crippen LogP contribution >= 0.6 is 22.7 Å². The lowest BCUT2D eigenvalue weighted by Gasteiger charge is -2.25. The number of allylic oxidation sites excluding steroid dienone is 5. The molecule has 1 atom stereocenters. The van der Waals surface area contributed by atoms with E-state index in [1.807, 2.05) is 34.8 Å². The molecule has 0 amide bonds. The van der Waals surface area contributed by atoms with Crippen molar-refractivity contribution in [1.82, 2.24) is 5.32 Å². The molecule has 9 aromatic rings. The first-order chi connectivity index (χ1) is 28.1. The van der Waals surface area contributed by atoms with Crippen molar-refractivity contribution in [3.05, 3.63) is 193 Å². The number of benzene rings is 7. The number of thiophene rings is 2. The summed E-state index contributed by atoms with van der Waals surface area (Å²) in [6, 6.07) is 44.1. The molecule has 11 rings (SSSR count). The summed E-state index contributed by atoms with van der Waals surface area (Å²) < 4.78 is 5.00. The Balaban J connectivity index is 1.11. The molecule has 0 saturated carbocycles. The number of amidine groups is 2. The third-order valence-electron chi connectivity index (χ3n) is 11.4. The van der Waals surface area contributed by atoms with Crippen LogP contribution in [0.25, 0.3) is 85.2 Å². The smallest absolute Gasteiger partial charge is 0.160 e. The molecule has 3 nitrogen and oxygen atoms in total. The van der Waals surface area contributed by atoms with Crippen LogP contribution in [0.15, 0.2) is 180 Å². The minimum Gasteiger partial charge on any atom is -0.344 e. The van der Waals surface area contributed by atoms with Crippen molar-refractivity contribution in [2.75, 3.05) is 0 Å². The number of nitrogens with one attached hydrogen (secondary N) is 1. The lowest BCUT2D eigenvalue weighted by atomic mass is 9.88. The Morgan fingerprint density at radius 2 is 1.33 bits per heavy atom. The molecule has 0 fully saturated rings. The molecule has 3 heterocycles. The van der Waals surface area contributed by atoms with Crippen LogP contribution < -0.4 is 5.32 Å². The second-order valence-corrected chi connectivity index (χ2v) is 16.7. The van der Waals surface area contributed by atoms with Crippen molar-refractivity contribution in [2.24, 2.45) is 9.98 Å². The van der Waals surface area contributed by atoms with E-state index in [9.17, 15) is 0 Å². The van der Waals surface area contributed by atoms with Crippen molar-refractivity contribution in [3.63, 3.8) is 0 Å². The van der Waals surface area contributed by atoms with Gasteiger partial charge in [0.05, 0.1) is 0 Å². The third kappa shape index (κ3) is 5.54. The maximum atomic E-state index is 5.39. The SMILES string of the molecule is C=Cc1c(-c2ccc3sc4cccc(C5=NC(C6=CC=CC=CC6)NC(c6ccc7sc8ccccc8c7c6)=N5)c4c3c2)cc2c(ccc3ccccc32)c1C=C. The number of rotatable bonds is 6. The van der Waals surface area contributed by atoms with Crippen LogP contribution in [0.5, 0.6) is 0 Å². The van der Waals surface area contributed by atoms with E-state index in [1.165, 1.54) is 67.5 Å². The first-order valence-electron chi connectivity index (χ1n) is 19.2. The Morgan fingerprint density at radius 1 is 0.579 bits per heavy atom. The first-order valence-corrected chi connectivity index (χ1v) is 20.8. The Labute approximate surface area is 338 Å². The zero-order valence-corrected chi connectivity index (χ0v) is 32.6. The molecular formula is C52H35N3S2. The molecule has 1 aliphatic heterocycles. The maximum absolute atomic E-state index is 5.39. The van der Waals surface area contributed by atoms with Gasteiger partial charge in [0, 0.05) is 51.5 Å². The van der Waals surface area contributed by atoms with Crippen molar-refractivity contribution in [3.8, 4) is 11.1 Å². The third-order valence-corrected chi connectivity index (χ3v) is 13.6. The minimum absolute atomic E-state index is 0.273. The van der Waals surface area contributed by atoms with Gasteiger partial charge in [-0.1, -0.05) is 128 Å². The van der Waals surface area contributed by atoms with Gasteiger partial charge in [-0.3, -0.25) is 0 Å². The van der Waals surface area contributed by atoms with Gasteiger partial charge in [-0.05, 0) is 104 Å². The number of hydrogen-bond donors (Lipinski definition) is 1. The van der Waals surface area contributed by atoms with E-state index in [2.05, 4.69) is 170 Å². The van der Waals surface area contributed by atoms with E-state index >= 15 is 0 Å². The lowest BCUT2D eigenvalue weighted by Crippen LogP contribution is -2.40. The zero-order chi connectivity index (χ0) is 38.0. The van der Waals surface area contributed by atoms with E-state index in [0.29, 0.717) is 0 Å². The first kappa shape index (κ1) is 33.7. The second-order valence-electron chi connectivity index (χ2n) is 14.6. The van der Waals surface area contributed by atoms with E-state index < -0.39 is 0 Å². The molecule has 0 bridgehead atoms. The average molecular weight is 766 g/mol. The highest BCUT2D eigenvalue weighted by Crippen LogP contribution is 2.43. The summed E-state index contributed by atoms with van der Waals surface area (Å²) in [6.07, 6.45) is 15.1. The topological polar surface area (TPSA) is 36.8 Å². The van der Waals surface area contributed by atoms with Crippen LogP contribution in [0.4, 0.5) is 0 Å². The average Bonchev–Trinajstić information content (AvgIpc) is 3.70. The molecule has 1 unspecified atom stereocenters. The number of fused-ring (bicyclic) bond motifs is 9. The van der Waals surface area contributed by atoms with E-state index in [-0.39, 0.29) is 6.17 Å². The molecular weight excluding hydrogens is 731 g/mol. The maximum Gasteiger partial charge on any atom is 0.160 e. The van der Waals surface area contributed by atoms with Crippen LogP contribution in [0.2, 0.25) is 0 Å². The quantitative estimate of drug-likeness (QED) is 0.168. The highest BCUT2D eigenvalue weighted by molar-refractivity contribution is 7.26. The standard InChI is InChI=1S/C52H35N3S2/c1-3-35-36(4-2)41(30-42-37-17-10-9-14-31(37)22-25-38(35)42)33-23-26-47-44(28-33)49-40(19-13-21-48(49)57-47)52-54-50(32-15-7-5-6-8-16-32)53-51(55-52)34-24-27-46-43(29-34)39-18-11-12-20-45(39)56-46/h3-15,17-30,50H,1-2,16H2,(H,53,54,55). The van der Waals surface area contributed by atoms with Gasteiger partial charge in [-0.25, -0.2) is 9.98 Å². The second kappa shape index (κ2) is 13.5. The van der Waals surface area contributed by atoms with Crippen LogP contribution in [-0.4, -0.2) is 17.8 Å². The van der Waals surface area contributed by atoms with Crippen LogP contribution in [-0.2, 0) is 0 Å². The summed E-state index contributed by atoms with van der Waals surface area (Å²) >= 11 is 3.64. The van der Waals surface area contributed by atoms with E-state index in [0.717, 1.165) is 51.5 Å². The zero-order valence-electron chi connectivity index (χ0n) is 31.0. The molecule has 1 N–H and O–H groups in total. The van der Waals surface area contributed by atoms with Gasteiger partial charge in [0.15, 0.2) is 5.84 Å². The summed E-state index contributed by atoms with van der Waals surface area (Å²) in [5.41, 5.74) is 7.73. The van der Waals surface area contributed by atoms with Gasteiger partial charge in [0.1, 0.15) is 12.0 Å². The fourth-order valence-electron chi connectivity index (χ4n) is 8.63. The van der Waals surface area contributed by atoms with E-state index in [4.69, 9.17) is 9.98 Å². The molecule has 0 saturated heterocycles. The molecule has 0 radical (unpaired) electrons. The summed E-state index contributed by atoms with van der Waals surface area (Å²) in [7, 11) is 0. The van der Waals surface area contributed by atoms with Gasteiger partial charge in [-0.2, -0.15) is 0 Å². The van der Waals surface area contributed by atoms with Gasteiger partial charge in [0.25, 0.3) is 0 Å². The molecule has 57 heavy (non-hydrogen) atoms. The van der Waals surface area contributed by atoms with Crippen LogP contribution in [0, 0.1) is 0 Å². The normalized spacial score (nSPS) is 15.6. The summed E-state index contributed by atoms with van der Waals surface area (Å²) in [5, 5.41) is 13.5. The summed E-state index contributed by atoms with van der Waals surface area (Å²) in [5.74, 6) is 1.56. The molecule has 7 aromatic carbocycles. The van der Waals surface area contributed by atoms with Gasteiger partial charge in [0.2, 0.25) is 0 Å². The number of hydrogen-bond acceptors (Lipinski definition) is 5. The largest absolute Gasteiger partial charge is 0.344 e. The molecule has 2 aliphatic rings. The molecule has 270 valence electrons. The predicted molar refractivity (Wildman–Crippen MR) is 250 cm³/mol. The predicted octanol–water partition coefficient (Wildman–Crippen LogP) is 14.2. The highest BCUT2D eigenvalue weighted by atomic mass is 32.1. The van der Waals surface area contributed by atoms with Crippen molar-refractivity contribution >= 4 is 108 Å². The minimum atomic E-state index is -0.273. The highest BCUT2D eigenvalue weighted by Gasteiger charge is 2.25. The Hall–Kier alpha value is -6.66. The number of aliphatic imine (C=N–C) groups is 2.